The summed E-state index contributed by atoms with van der Waals surface area (Å²) in [5, 5.41) is 10.7. The quantitative estimate of drug-likeness (QED) is 0.548. The van der Waals surface area contributed by atoms with Crippen LogP contribution < -0.4 is 11.1 Å². The molecule has 0 fully saturated rings. The monoisotopic (exact) mass is 271 g/mol. The summed E-state index contributed by atoms with van der Waals surface area (Å²) in [6.45, 7) is 0. The number of aliphatic carboxylic acids is 1. The molecule has 98 valence electrons. The molecule has 0 aliphatic rings. The standard InChI is InChI=1S/C10H13N3O4S/c11-6(10(16)17)4-18-5-8(14)13-9(15)7-2-1-3-12-7/h1-3,6,12H,4-5,11H2,(H,16,17)(H,13,14,15)/t6-/m0/s1. The maximum absolute atomic E-state index is 11.4. The number of aromatic nitrogens is 1. The highest BCUT2D eigenvalue weighted by molar-refractivity contribution is 8.00. The molecule has 0 aliphatic heterocycles. The summed E-state index contributed by atoms with van der Waals surface area (Å²) in [7, 11) is 0. The molecule has 0 saturated carbocycles. The second-order valence-electron chi connectivity index (χ2n) is 3.42. The van der Waals surface area contributed by atoms with E-state index in [1.807, 2.05) is 0 Å². The summed E-state index contributed by atoms with van der Waals surface area (Å²) in [6, 6.07) is 2.16. The van der Waals surface area contributed by atoms with Crippen LogP contribution >= 0.6 is 11.8 Å². The van der Waals surface area contributed by atoms with Gasteiger partial charge in [-0.3, -0.25) is 19.7 Å². The molecule has 1 aromatic heterocycles. The van der Waals surface area contributed by atoms with Gasteiger partial charge in [-0.25, -0.2) is 0 Å². The normalized spacial score (nSPS) is 11.8. The maximum Gasteiger partial charge on any atom is 0.321 e. The summed E-state index contributed by atoms with van der Waals surface area (Å²) in [4.78, 5) is 35.8. The van der Waals surface area contributed by atoms with Gasteiger partial charge in [-0.15, -0.1) is 11.8 Å². The van der Waals surface area contributed by atoms with Crippen LogP contribution in [0.2, 0.25) is 0 Å². The topological polar surface area (TPSA) is 125 Å². The molecule has 0 aliphatic carbocycles. The molecule has 5 N–H and O–H groups in total. The average molecular weight is 271 g/mol. The van der Waals surface area contributed by atoms with Crippen LogP contribution in [-0.4, -0.2) is 45.4 Å². The first kappa shape index (κ1) is 14.3. The van der Waals surface area contributed by atoms with Crippen molar-refractivity contribution in [2.24, 2.45) is 5.73 Å². The van der Waals surface area contributed by atoms with Crippen LogP contribution in [0, 0.1) is 0 Å². The molecule has 7 nitrogen and oxygen atoms in total. The number of hydrogen-bond donors (Lipinski definition) is 4. The van der Waals surface area contributed by atoms with E-state index in [0.29, 0.717) is 0 Å². The maximum atomic E-state index is 11.4. The lowest BCUT2D eigenvalue weighted by Crippen LogP contribution is -2.35. The van der Waals surface area contributed by atoms with E-state index >= 15 is 0 Å². The second-order valence-corrected chi connectivity index (χ2v) is 4.45. The van der Waals surface area contributed by atoms with Crippen molar-refractivity contribution >= 4 is 29.5 Å². The number of imide groups is 1. The van der Waals surface area contributed by atoms with Gasteiger partial charge in [0, 0.05) is 11.9 Å². The Labute approximate surface area is 107 Å². The number of hydrogen-bond acceptors (Lipinski definition) is 5. The van der Waals surface area contributed by atoms with Crippen molar-refractivity contribution in [3.63, 3.8) is 0 Å². The molecule has 0 spiro atoms. The zero-order chi connectivity index (χ0) is 13.5. The van der Waals surface area contributed by atoms with Gasteiger partial charge in [-0.2, -0.15) is 0 Å². The fourth-order valence-corrected chi connectivity index (χ4v) is 1.82. The summed E-state index contributed by atoms with van der Waals surface area (Å²) in [5.41, 5.74) is 5.54. The van der Waals surface area contributed by atoms with Crippen molar-refractivity contribution in [2.45, 2.75) is 6.04 Å². The summed E-state index contributed by atoms with van der Waals surface area (Å²) in [5.74, 6) is -2.04. The molecule has 1 aromatic rings. The molecule has 1 heterocycles. The highest BCUT2D eigenvalue weighted by Crippen LogP contribution is 2.02. The van der Waals surface area contributed by atoms with Gasteiger partial charge >= 0.3 is 5.97 Å². The molecule has 0 unspecified atom stereocenters. The number of amides is 2. The van der Waals surface area contributed by atoms with Gasteiger partial charge in [0.05, 0.1) is 5.75 Å². The lowest BCUT2D eigenvalue weighted by molar-refractivity contribution is -0.138. The van der Waals surface area contributed by atoms with Crippen LogP contribution in [0.5, 0.6) is 0 Å². The van der Waals surface area contributed by atoms with E-state index in [9.17, 15) is 14.4 Å². The van der Waals surface area contributed by atoms with Gasteiger partial charge in [0.15, 0.2) is 0 Å². The Morgan fingerprint density at radius 1 is 1.50 bits per heavy atom. The molecular formula is C10H13N3O4S. The zero-order valence-corrected chi connectivity index (χ0v) is 10.2. The van der Waals surface area contributed by atoms with E-state index in [4.69, 9.17) is 10.8 Å². The molecular weight excluding hydrogens is 258 g/mol. The summed E-state index contributed by atoms with van der Waals surface area (Å²) < 4.78 is 0. The molecule has 18 heavy (non-hydrogen) atoms. The van der Waals surface area contributed by atoms with Crippen molar-refractivity contribution in [3.8, 4) is 0 Å². The van der Waals surface area contributed by atoms with E-state index in [1.165, 1.54) is 6.07 Å². The van der Waals surface area contributed by atoms with Gasteiger partial charge in [-0.1, -0.05) is 0 Å². The van der Waals surface area contributed by atoms with E-state index in [2.05, 4.69) is 10.3 Å². The van der Waals surface area contributed by atoms with Crippen molar-refractivity contribution in [1.29, 1.82) is 0 Å². The van der Waals surface area contributed by atoms with Crippen molar-refractivity contribution < 1.29 is 19.5 Å². The van der Waals surface area contributed by atoms with E-state index in [1.54, 1.807) is 12.3 Å². The van der Waals surface area contributed by atoms with Gasteiger partial charge < -0.3 is 15.8 Å². The minimum Gasteiger partial charge on any atom is -0.480 e. The summed E-state index contributed by atoms with van der Waals surface area (Å²) in [6.07, 6.45) is 1.57. The average Bonchev–Trinajstić information content (AvgIpc) is 2.81. The first-order valence-electron chi connectivity index (χ1n) is 5.04. The number of thioether (sulfide) groups is 1. The number of rotatable bonds is 6. The second kappa shape index (κ2) is 6.82. The molecule has 0 aromatic carbocycles. The lowest BCUT2D eigenvalue weighted by Gasteiger charge is -2.05. The van der Waals surface area contributed by atoms with Crippen LogP contribution in [0.4, 0.5) is 0 Å². The highest BCUT2D eigenvalue weighted by Gasteiger charge is 2.14. The van der Waals surface area contributed by atoms with Crippen LogP contribution in [0.25, 0.3) is 0 Å². The van der Waals surface area contributed by atoms with E-state index in [0.717, 1.165) is 11.8 Å². The van der Waals surface area contributed by atoms with E-state index in [-0.39, 0.29) is 17.2 Å². The predicted molar refractivity (Wildman–Crippen MR) is 66.2 cm³/mol. The number of aromatic amines is 1. The number of carboxylic acids is 1. The van der Waals surface area contributed by atoms with Crippen LogP contribution in [-0.2, 0) is 9.59 Å². The van der Waals surface area contributed by atoms with Crippen molar-refractivity contribution in [2.75, 3.05) is 11.5 Å². The van der Waals surface area contributed by atoms with Crippen molar-refractivity contribution in [1.82, 2.24) is 10.3 Å². The third-order valence-corrected chi connectivity index (χ3v) is 3.00. The Balaban J connectivity index is 2.26. The molecule has 1 atom stereocenters. The number of carboxylic acid groups (broad SMARTS) is 1. The highest BCUT2D eigenvalue weighted by atomic mass is 32.2. The fraction of sp³-hybridized carbons (Fsp3) is 0.300. The molecule has 0 radical (unpaired) electrons. The van der Waals surface area contributed by atoms with Crippen LogP contribution in [0.3, 0.4) is 0 Å². The molecule has 8 heteroatoms. The molecule has 0 bridgehead atoms. The minimum atomic E-state index is -1.12. The van der Waals surface area contributed by atoms with Gasteiger partial charge in [0.1, 0.15) is 11.7 Å². The van der Waals surface area contributed by atoms with Gasteiger partial charge in [0.25, 0.3) is 5.91 Å². The third kappa shape index (κ3) is 4.60. The van der Waals surface area contributed by atoms with E-state index < -0.39 is 23.8 Å². The van der Waals surface area contributed by atoms with Crippen molar-refractivity contribution in [3.05, 3.63) is 24.0 Å². The smallest absolute Gasteiger partial charge is 0.321 e. The van der Waals surface area contributed by atoms with Crippen LogP contribution in [0.1, 0.15) is 10.5 Å². The SMILES string of the molecule is N[C@@H](CSCC(=O)NC(=O)c1ccc[nH]1)C(=O)O. The fourth-order valence-electron chi connectivity index (χ4n) is 1.05. The van der Waals surface area contributed by atoms with Crippen LogP contribution in [0.15, 0.2) is 18.3 Å². The molecule has 2 amide bonds. The Morgan fingerprint density at radius 2 is 2.22 bits per heavy atom. The van der Waals surface area contributed by atoms with Gasteiger partial charge in [0.2, 0.25) is 5.91 Å². The number of H-pyrrole nitrogens is 1. The Hall–Kier alpha value is -1.80. The Morgan fingerprint density at radius 3 is 2.78 bits per heavy atom. The zero-order valence-electron chi connectivity index (χ0n) is 9.38. The lowest BCUT2D eigenvalue weighted by atomic mass is 10.4. The Bertz CT molecular complexity index is 432. The third-order valence-electron chi connectivity index (χ3n) is 1.94. The largest absolute Gasteiger partial charge is 0.480 e. The Kier molecular flexibility index (Phi) is 5.40. The first-order chi connectivity index (χ1) is 8.50. The number of carbonyl (C=O) groups is 3. The minimum absolute atomic E-state index is 0.0204. The number of nitrogens with one attached hydrogen (secondary N) is 2. The van der Waals surface area contributed by atoms with Gasteiger partial charge in [-0.05, 0) is 12.1 Å². The molecule has 0 saturated heterocycles. The summed E-state index contributed by atoms with van der Waals surface area (Å²) >= 11 is 1.06. The first-order valence-corrected chi connectivity index (χ1v) is 6.20. The predicted octanol–water partition coefficient (Wildman–Crippen LogP) is -0.584. The number of carbonyl (C=O) groups excluding carboxylic acids is 2. The number of nitrogens with two attached hydrogens (primary N) is 1. The molecule has 1 rings (SSSR count).